The monoisotopic (exact) mass is 289 g/mol. The highest BCUT2D eigenvalue weighted by molar-refractivity contribution is 5.96. The van der Waals surface area contributed by atoms with Gasteiger partial charge in [0.15, 0.2) is 0 Å². The summed E-state index contributed by atoms with van der Waals surface area (Å²) in [7, 11) is 3.87. The third-order valence-corrected chi connectivity index (χ3v) is 5.56. The van der Waals surface area contributed by atoms with Gasteiger partial charge in [0.1, 0.15) is 0 Å². The maximum Gasteiger partial charge on any atom is 0.251 e. The lowest BCUT2D eigenvalue weighted by Gasteiger charge is -2.16. The second kappa shape index (κ2) is 4.93. The van der Waals surface area contributed by atoms with E-state index in [-0.39, 0.29) is 16.7 Å². The lowest BCUT2D eigenvalue weighted by atomic mass is 10.0. The van der Waals surface area contributed by atoms with E-state index in [1.165, 1.54) is 0 Å². The molecule has 1 fully saturated rings. The second-order valence-electron chi connectivity index (χ2n) is 7.37. The van der Waals surface area contributed by atoms with Crippen LogP contribution >= 0.6 is 0 Å². The van der Waals surface area contributed by atoms with Crippen molar-refractivity contribution >= 4 is 17.3 Å². The minimum Gasteiger partial charge on any atom is -0.397 e. The van der Waals surface area contributed by atoms with E-state index in [2.05, 4.69) is 33.0 Å². The van der Waals surface area contributed by atoms with Crippen LogP contribution in [0.5, 0.6) is 0 Å². The molecular weight excluding hydrogens is 262 g/mol. The molecule has 1 aliphatic carbocycles. The van der Waals surface area contributed by atoms with E-state index in [1.807, 2.05) is 31.1 Å². The van der Waals surface area contributed by atoms with Crippen LogP contribution in [0, 0.1) is 16.7 Å². The number of rotatable bonds is 4. The summed E-state index contributed by atoms with van der Waals surface area (Å²) in [6.07, 6.45) is 0. The summed E-state index contributed by atoms with van der Waals surface area (Å²) in [5.41, 5.74) is 8.74. The van der Waals surface area contributed by atoms with Crippen LogP contribution in [0.15, 0.2) is 18.2 Å². The molecule has 4 heteroatoms. The van der Waals surface area contributed by atoms with Crippen LogP contribution in [0.3, 0.4) is 0 Å². The van der Waals surface area contributed by atoms with Gasteiger partial charge in [-0.2, -0.15) is 0 Å². The van der Waals surface area contributed by atoms with Gasteiger partial charge < -0.3 is 16.0 Å². The average molecular weight is 289 g/mol. The summed E-state index contributed by atoms with van der Waals surface area (Å²) in [5, 5.41) is 3.04. The summed E-state index contributed by atoms with van der Waals surface area (Å²) >= 11 is 0. The Morgan fingerprint density at radius 2 is 1.81 bits per heavy atom. The first kappa shape index (κ1) is 15.7. The topological polar surface area (TPSA) is 58.4 Å². The van der Waals surface area contributed by atoms with Crippen LogP contribution in [0.1, 0.15) is 38.1 Å². The number of amides is 1. The fourth-order valence-corrected chi connectivity index (χ4v) is 3.24. The maximum absolute atomic E-state index is 12.3. The highest BCUT2D eigenvalue weighted by Gasteiger charge is 2.64. The molecule has 0 atom stereocenters. The van der Waals surface area contributed by atoms with E-state index in [4.69, 9.17) is 5.73 Å². The molecule has 1 saturated carbocycles. The number of nitrogen functional groups attached to an aromatic ring is 1. The molecule has 21 heavy (non-hydrogen) atoms. The van der Waals surface area contributed by atoms with Gasteiger partial charge >= 0.3 is 0 Å². The molecule has 0 bridgehead atoms. The van der Waals surface area contributed by atoms with Crippen molar-refractivity contribution in [2.75, 3.05) is 31.3 Å². The molecule has 0 unspecified atom stereocenters. The second-order valence-corrected chi connectivity index (χ2v) is 7.37. The summed E-state index contributed by atoms with van der Waals surface area (Å²) in [6.45, 7) is 9.75. The van der Waals surface area contributed by atoms with Crippen LogP contribution in [-0.2, 0) is 0 Å². The predicted molar refractivity (Wildman–Crippen MR) is 88.6 cm³/mol. The molecule has 0 spiro atoms. The van der Waals surface area contributed by atoms with Crippen LogP contribution in [-0.4, -0.2) is 26.5 Å². The normalized spacial score (nSPS) is 19.1. The van der Waals surface area contributed by atoms with E-state index in [9.17, 15) is 4.79 Å². The molecular formula is C17H27N3O. The molecule has 0 radical (unpaired) electrons. The Morgan fingerprint density at radius 3 is 2.24 bits per heavy atom. The quantitative estimate of drug-likeness (QED) is 0.838. The SMILES string of the molecule is CN(C)c1ccc(C(=O)NCC2C(C)(C)C2(C)C)cc1N. The lowest BCUT2D eigenvalue weighted by Crippen LogP contribution is -2.27. The van der Waals surface area contributed by atoms with Gasteiger partial charge in [0, 0.05) is 26.2 Å². The molecule has 1 aromatic rings. The van der Waals surface area contributed by atoms with Crippen molar-refractivity contribution in [3.05, 3.63) is 23.8 Å². The van der Waals surface area contributed by atoms with Crippen molar-refractivity contribution < 1.29 is 4.79 Å². The van der Waals surface area contributed by atoms with Gasteiger partial charge in [-0.25, -0.2) is 0 Å². The smallest absolute Gasteiger partial charge is 0.251 e. The largest absolute Gasteiger partial charge is 0.397 e. The van der Waals surface area contributed by atoms with Gasteiger partial charge in [-0.3, -0.25) is 4.79 Å². The minimum absolute atomic E-state index is 0.0505. The number of nitrogens with one attached hydrogen (secondary N) is 1. The van der Waals surface area contributed by atoms with Gasteiger partial charge in [0.2, 0.25) is 0 Å². The van der Waals surface area contributed by atoms with Crippen molar-refractivity contribution in [2.24, 2.45) is 16.7 Å². The Labute approximate surface area is 127 Å². The van der Waals surface area contributed by atoms with Gasteiger partial charge in [0.25, 0.3) is 5.91 Å². The Kier molecular flexibility index (Phi) is 3.68. The Morgan fingerprint density at radius 1 is 1.24 bits per heavy atom. The number of nitrogens with zero attached hydrogens (tertiary/aromatic N) is 1. The zero-order chi connectivity index (χ0) is 16.0. The Bertz CT molecular complexity index is 547. The fourth-order valence-electron chi connectivity index (χ4n) is 3.24. The summed E-state index contributed by atoms with van der Waals surface area (Å²) in [6, 6.07) is 5.45. The third-order valence-electron chi connectivity index (χ3n) is 5.56. The van der Waals surface area contributed by atoms with E-state index >= 15 is 0 Å². The standard InChI is InChI=1S/C17H27N3O/c1-16(2)14(17(16,3)4)10-19-15(21)11-7-8-13(20(5)6)12(18)9-11/h7-9,14H,10,18H2,1-6H3,(H,19,21). The number of carbonyl (C=O) groups is 1. The van der Waals surface area contributed by atoms with Crippen LogP contribution in [0.4, 0.5) is 11.4 Å². The van der Waals surface area contributed by atoms with E-state index in [0.717, 1.165) is 5.69 Å². The van der Waals surface area contributed by atoms with Crippen molar-refractivity contribution in [1.82, 2.24) is 5.32 Å². The molecule has 1 amide bonds. The number of hydrogen-bond donors (Lipinski definition) is 2. The van der Waals surface area contributed by atoms with E-state index in [0.29, 0.717) is 23.7 Å². The first-order valence-electron chi connectivity index (χ1n) is 7.44. The molecule has 0 saturated heterocycles. The molecule has 0 aromatic heterocycles. The Balaban J connectivity index is 2.01. The highest BCUT2D eigenvalue weighted by atomic mass is 16.1. The third kappa shape index (κ3) is 2.59. The zero-order valence-electron chi connectivity index (χ0n) is 13.9. The van der Waals surface area contributed by atoms with Gasteiger partial charge in [0.05, 0.1) is 11.4 Å². The molecule has 2 rings (SSSR count). The number of carbonyl (C=O) groups excluding carboxylic acids is 1. The molecule has 1 aromatic carbocycles. The number of anilines is 2. The first-order valence-corrected chi connectivity index (χ1v) is 7.44. The molecule has 0 heterocycles. The molecule has 4 nitrogen and oxygen atoms in total. The van der Waals surface area contributed by atoms with Gasteiger partial charge in [-0.15, -0.1) is 0 Å². The van der Waals surface area contributed by atoms with Crippen molar-refractivity contribution in [1.29, 1.82) is 0 Å². The minimum atomic E-state index is -0.0505. The molecule has 116 valence electrons. The summed E-state index contributed by atoms with van der Waals surface area (Å²) < 4.78 is 0. The summed E-state index contributed by atoms with van der Waals surface area (Å²) in [5.74, 6) is 0.470. The van der Waals surface area contributed by atoms with Crippen LogP contribution < -0.4 is 16.0 Å². The number of nitrogens with two attached hydrogens (primary N) is 1. The zero-order valence-corrected chi connectivity index (χ0v) is 13.9. The van der Waals surface area contributed by atoms with E-state index < -0.39 is 0 Å². The lowest BCUT2D eigenvalue weighted by molar-refractivity contribution is 0.0950. The highest BCUT2D eigenvalue weighted by Crippen LogP contribution is 2.67. The first-order chi connectivity index (χ1) is 9.59. The van der Waals surface area contributed by atoms with Gasteiger partial charge in [-0.05, 0) is 34.9 Å². The molecule has 1 aliphatic rings. The van der Waals surface area contributed by atoms with Crippen molar-refractivity contribution in [2.45, 2.75) is 27.7 Å². The number of hydrogen-bond acceptors (Lipinski definition) is 3. The van der Waals surface area contributed by atoms with Gasteiger partial charge in [-0.1, -0.05) is 27.7 Å². The van der Waals surface area contributed by atoms with E-state index in [1.54, 1.807) is 6.07 Å². The summed E-state index contributed by atoms with van der Waals surface area (Å²) in [4.78, 5) is 14.2. The maximum atomic E-state index is 12.3. The van der Waals surface area contributed by atoms with Crippen LogP contribution in [0.2, 0.25) is 0 Å². The fraction of sp³-hybridized carbons (Fsp3) is 0.588. The molecule has 0 aliphatic heterocycles. The average Bonchev–Trinajstić information content (AvgIpc) is 2.76. The van der Waals surface area contributed by atoms with Crippen molar-refractivity contribution in [3.8, 4) is 0 Å². The molecule has 3 N–H and O–H groups in total. The number of benzene rings is 1. The van der Waals surface area contributed by atoms with Crippen LogP contribution in [0.25, 0.3) is 0 Å². The predicted octanol–water partition coefficient (Wildman–Crippen LogP) is 2.75. The Hall–Kier alpha value is -1.71. The van der Waals surface area contributed by atoms with Crippen molar-refractivity contribution in [3.63, 3.8) is 0 Å².